The van der Waals surface area contributed by atoms with Crippen molar-refractivity contribution in [1.29, 1.82) is 0 Å². The van der Waals surface area contributed by atoms with Crippen LogP contribution in [-0.4, -0.2) is 17.6 Å². The number of nitrogens with zero attached hydrogens (tertiary/aromatic N) is 1. The van der Waals surface area contributed by atoms with Crippen molar-refractivity contribution in [1.82, 2.24) is 4.98 Å². The maximum atomic E-state index is 12.7. The first-order valence-corrected chi connectivity index (χ1v) is 4.26. The van der Waals surface area contributed by atoms with Gasteiger partial charge in [0.1, 0.15) is 5.82 Å². The summed E-state index contributed by atoms with van der Waals surface area (Å²) in [6.07, 6.45) is -4.43. The number of ether oxygens (including phenoxy) is 1. The number of pyridine rings is 1. The van der Waals surface area contributed by atoms with Crippen molar-refractivity contribution in [2.24, 2.45) is 0 Å². The SMILES string of the molecule is CCOC(=O)c1cc(F)cnc1C(F)(F)F. The number of esters is 1. The summed E-state index contributed by atoms with van der Waals surface area (Å²) < 4.78 is 54.2. The fourth-order valence-electron chi connectivity index (χ4n) is 1.03. The van der Waals surface area contributed by atoms with E-state index in [1.807, 2.05) is 0 Å². The van der Waals surface area contributed by atoms with Crippen LogP contribution in [0.5, 0.6) is 0 Å². The third-order valence-electron chi connectivity index (χ3n) is 1.62. The van der Waals surface area contributed by atoms with Gasteiger partial charge in [-0.3, -0.25) is 0 Å². The fourth-order valence-corrected chi connectivity index (χ4v) is 1.03. The molecule has 0 saturated carbocycles. The van der Waals surface area contributed by atoms with Gasteiger partial charge in [0.05, 0.1) is 18.4 Å². The van der Waals surface area contributed by atoms with Gasteiger partial charge >= 0.3 is 12.1 Å². The third kappa shape index (κ3) is 2.68. The molecule has 1 aromatic heterocycles. The number of carbonyl (C=O) groups excluding carboxylic acids is 1. The molecule has 88 valence electrons. The van der Waals surface area contributed by atoms with Crippen molar-refractivity contribution in [3.8, 4) is 0 Å². The number of rotatable bonds is 2. The molecule has 0 N–H and O–H groups in total. The Bertz CT molecular complexity index is 403. The van der Waals surface area contributed by atoms with Crippen LogP contribution in [0.25, 0.3) is 0 Å². The van der Waals surface area contributed by atoms with Crippen LogP contribution in [0.15, 0.2) is 12.3 Å². The summed E-state index contributed by atoms with van der Waals surface area (Å²) in [5.41, 5.74) is -2.37. The van der Waals surface area contributed by atoms with Crippen LogP contribution in [0.2, 0.25) is 0 Å². The van der Waals surface area contributed by atoms with Crippen molar-refractivity contribution in [3.05, 3.63) is 29.3 Å². The van der Waals surface area contributed by atoms with E-state index >= 15 is 0 Å². The summed E-state index contributed by atoms with van der Waals surface area (Å²) in [7, 11) is 0. The van der Waals surface area contributed by atoms with E-state index in [4.69, 9.17) is 0 Å². The lowest BCUT2D eigenvalue weighted by Gasteiger charge is -2.10. The second-order valence-electron chi connectivity index (χ2n) is 2.77. The molecule has 0 aliphatic rings. The largest absolute Gasteiger partial charge is 0.462 e. The van der Waals surface area contributed by atoms with Crippen molar-refractivity contribution < 1.29 is 27.1 Å². The zero-order chi connectivity index (χ0) is 12.3. The lowest BCUT2D eigenvalue weighted by molar-refractivity contribution is -0.141. The van der Waals surface area contributed by atoms with Gasteiger partial charge in [0.2, 0.25) is 0 Å². The van der Waals surface area contributed by atoms with Crippen LogP contribution in [-0.2, 0) is 10.9 Å². The predicted molar refractivity (Wildman–Crippen MR) is 45.2 cm³/mol. The summed E-state index contributed by atoms with van der Waals surface area (Å²) in [5, 5.41) is 0. The van der Waals surface area contributed by atoms with E-state index in [1.165, 1.54) is 6.92 Å². The molecule has 0 spiro atoms. The molecule has 1 aromatic rings. The molecule has 0 atom stereocenters. The molecule has 7 heteroatoms. The highest BCUT2D eigenvalue weighted by molar-refractivity contribution is 5.90. The molecule has 16 heavy (non-hydrogen) atoms. The van der Waals surface area contributed by atoms with Gasteiger partial charge in [-0.2, -0.15) is 13.2 Å². The van der Waals surface area contributed by atoms with Crippen LogP contribution in [0.4, 0.5) is 17.6 Å². The fraction of sp³-hybridized carbons (Fsp3) is 0.333. The Morgan fingerprint density at radius 3 is 2.62 bits per heavy atom. The van der Waals surface area contributed by atoms with Crippen LogP contribution in [0, 0.1) is 5.82 Å². The van der Waals surface area contributed by atoms with Crippen LogP contribution >= 0.6 is 0 Å². The van der Waals surface area contributed by atoms with Gasteiger partial charge in [0.25, 0.3) is 0 Å². The Morgan fingerprint density at radius 2 is 2.12 bits per heavy atom. The first kappa shape index (κ1) is 12.4. The van der Waals surface area contributed by atoms with Gasteiger partial charge in [0, 0.05) is 0 Å². The van der Waals surface area contributed by atoms with E-state index < -0.39 is 29.2 Å². The molecule has 0 fully saturated rings. The zero-order valence-electron chi connectivity index (χ0n) is 8.14. The molecule has 3 nitrogen and oxygen atoms in total. The Balaban J connectivity index is 3.24. The minimum Gasteiger partial charge on any atom is -0.462 e. The topological polar surface area (TPSA) is 39.2 Å². The monoisotopic (exact) mass is 237 g/mol. The molecule has 0 aromatic carbocycles. The Morgan fingerprint density at radius 1 is 1.50 bits per heavy atom. The van der Waals surface area contributed by atoms with E-state index in [0.29, 0.717) is 12.3 Å². The molecule has 0 radical (unpaired) electrons. The van der Waals surface area contributed by atoms with Gasteiger partial charge in [-0.15, -0.1) is 0 Å². The Kier molecular flexibility index (Phi) is 3.46. The maximum Gasteiger partial charge on any atom is 0.434 e. The third-order valence-corrected chi connectivity index (χ3v) is 1.62. The predicted octanol–water partition coefficient (Wildman–Crippen LogP) is 2.42. The van der Waals surface area contributed by atoms with Gasteiger partial charge < -0.3 is 4.74 Å². The van der Waals surface area contributed by atoms with Gasteiger partial charge in [-0.05, 0) is 13.0 Å². The standard InChI is InChI=1S/C9H7F4NO2/c1-2-16-8(15)6-3-5(10)4-14-7(6)9(11,12)13/h3-4H,2H2,1H3. The van der Waals surface area contributed by atoms with E-state index in [2.05, 4.69) is 9.72 Å². The van der Waals surface area contributed by atoms with Crippen molar-refractivity contribution in [3.63, 3.8) is 0 Å². The highest BCUT2D eigenvalue weighted by atomic mass is 19.4. The van der Waals surface area contributed by atoms with Crippen LogP contribution in [0.3, 0.4) is 0 Å². The highest BCUT2D eigenvalue weighted by Crippen LogP contribution is 2.30. The minimum absolute atomic E-state index is 0.105. The summed E-state index contributed by atoms with van der Waals surface area (Å²) in [6, 6.07) is 0.452. The molecule has 1 heterocycles. The number of carbonyl (C=O) groups is 1. The number of halogens is 4. The highest BCUT2D eigenvalue weighted by Gasteiger charge is 2.37. The number of hydrogen-bond acceptors (Lipinski definition) is 3. The second kappa shape index (κ2) is 4.46. The molecule has 0 amide bonds. The Labute approximate surface area is 88.0 Å². The van der Waals surface area contributed by atoms with Crippen LogP contribution in [0.1, 0.15) is 23.0 Å². The maximum absolute atomic E-state index is 12.7. The van der Waals surface area contributed by atoms with E-state index in [-0.39, 0.29) is 6.61 Å². The molecule has 0 saturated heterocycles. The van der Waals surface area contributed by atoms with E-state index in [0.717, 1.165) is 0 Å². The minimum atomic E-state index is -4.82. The van der Waals surface area contributed by atoms with Crippen molar-refractivity contribution in [2.75, 3.05) is 6.61 Å². The average Bonchev–Trinajstić information content (AvgIpc) is 2.16. The van der Waals surface area contributed by atoms with E-state index in [9.17, 15) is 22.4 Å². The smallest absolute Gasteiger partial charge is 0.434 e. The number of hydrogen-bond donors (Lipinski definition) is 0. The summed E-state index contributed by atoms with van der Waals surface area (Å²) in [4.78, 5) is 14.0. The second-order valence-corrected chi connectivity index (χ2v) is 2.77. The summed E-state index contributed by atoms with van der Waals surface area (Å²) in [5.74, 6) is -2.28. The molecule has 0 bridgehead atoms. The first-order chi connectivity index (χ1) is 7.36. The van der Waals surface area contributed by atoms with Crippen LogP contribution < -0.4 is 0 Å². The molecule has 0 aliphatic heterocycles. The molecule has 1 rings (SSSR count). The molecular weight excluding hydrogens is 230 g/mol. The average molecular weight is 237 g/mol. The summed E-state index contributed by atoms with van der Waals surface area (Å²) >= 11 is 0. The normalized spacial score (nSPS) is 11.3. The first-order valence-electron chi connectivity index (χ1n) is 4.26. The van der Waals surface area contributed by atoms with E-state index in [1.54, 1.807) is 0 Å². The van der Waals surface area contributed by atoms with Gasteiger partial charge in [-0.1, -0.05) is 0 Å². The number of alkyl halides is 3. The lowest BCUT2D eigenvalue weighted by atomic mass is 10.2. The van der Waals surface area contributed by atoms with Gasteiger partial charge in [0.15, 0.2) is 5.69 Å². The molecule has 0 aliphatic carbocycles. The number of aromatic nitrogens is 1. The van der Waals surface area contributed by atoms with Gasteiger partial charge in [-0.25, -0.2) is 14.2 Å². The molecular formula is C9H7F4NO2. The summed E-state index contributed by atoms with van der Waals surface area (Å²) in [6.45, 7) is 1.32. The van der Waals surface area contributed by atoms with Crippen molar-refractivity contribution in [2.45, 2.75) is 13.1 Å². The Hall–Kier alpha value is -1.66. The van der Waals surface area contributed by atoms with Crippen molar-refractivity contribution >= 4 is 5.97 Å². The molecule has 0 unspecified atom stereocenters. The quantitative estimate of drug-likeness (QED) is 0.585. The lowest BCUT2D eigenvalue weighted by Crippen LogP contribution is -2.17. The zero-order valence-corrected chi connectivity index (χ0v) is 8.14.